The molecular formula is C29H26N4O6S. The Morgan fingerprint density at radius 1 is 1.00 bits per heavy atom. The van der Waals surface area contributed by atoms with Crippen LogP contribution in [0.2, 0.25) is 0 Å². The molecule has 0 saturated heterocycles. The van der Waals surface area contributed by atoms with Crippen molar-refractivity contribution in [1.29, 1.82) is 0 Å². The molecule has 40 heavy (non-hydrogen) atoms. The second-order valence-electron chi connectivity index (χ2n) is 8.48. The number of anilines is 1. The lowest BCUT2D eigenvalue weighted by Crippen LogP contribution is -2.13. The van der Waals surface area contributed by atoms with Crippen molar-refractivity contribution in [2.75, 3.05) is 26.1 Å². The summed E-state index contributed by atoms with van der Waals surface area (Å²) in [6, 6.07) is 21.8. The molecule has 1 amide bonds. The summed E-state index contributed by atoms with van der Waals surface area (Å²) >= 11 is 1.43. The Morgan fingerprint density at radius 2 is 1.80 bits per heavy atom. The maximum Gasteiger partial charge on any atom is 0.411 e. The molecule has 0 radical (unpaired) electrons. The van der Waals surface area contributed by atoms with Crippen LogP contribution in [0.3, 0.4) is 0 Å². The third kappa shape index (κ3) is 5.64. The van der Waals surface area contributed by atoms with Crippen LogP contribution < -0.4 is 20.4 Å². The van der Waals surface area contributed by atoms with Crippen LogP contribution in [0.25, 0.3) is 28.0 Å². The molecule has 0 aliphatic carbocycles. The van der Waals surface area contributed by atoms with E-state index in [1.807, 2.05) is 53.1 Å². The van der Waals surface area contributed by atoms with Gasteiger partial charge in [0.15, 0.2) is 11.0 Å². The van der Waals surface area contributed by atoms with Crippen LogP contribution in [-0.4, -0.2) is 41.7 Å². The average Bonchev–Trinajstić information content (AvgIpc) is 3.39. The summed E-state index contributed by atoms with van der Waals surface area (Å²) in [6.07, 6.45) is -0.584. The molecule has 0 fully saturated rings. The standard InChI is InChI=1S/C29H26N4O6S/c1-4-38-29(35)30-19-9-14-22-18(15-26(34)39-25(22)16-19)17-40-28-32-31-27(23-7-5-6-8-24(23)37-3)33(28)20-10-12-21(36-2)13-11-20/h5-16H,4,17H2,1-3H3,(H,30,35). The molecule has 0 atom stereocenters. The molecule has 3 aromatic carbocycles. The molecule has 11 heteroatoms. The largest absolute Gasteiger partial charge is 0.497 e. The number of hydrogen-bond donors (Lipinski definition) is 1. The molecule has 0 saturated carbocycles. The molecule has 0 unspecified atom stereocenters. The number of carbonyl (C=O) groups excluding carboxylic acids is 1. The number of carbonyl (C=O) groups is 1. The van der Waals surface area contributed by atoms with E-state index in [1.165, 1.54) is 17.8 Å². The van der Waals surface area contributed by atoms with E-state index in [4.69, 9.17) is 18.6 Å². The first-order valence-corrected chi connectivity index (χ1v) is 13.4. The quantitative estimate of drug-likeness (QED) is 0.174. The summed E-state index contributed by atoms with van der Waals surface area (Å²) < 4.78 is 23.2. The number of methoxy groups -OCH3 is 2. The normalized spacial score (nSPS) is 10.9. The van der Waals surface area contributed by atoms with E-state index in [9.17, 15) is 9.59 Å². The summed E-state index contributed by atoms with van der Waals surface area (Å²) in [5.41, 5.74) is 2.68. The minimum absolute atomic E-state index is 0.246. The highest BCUT2D eigenvalue weighted by molar-refractivity contribution is 7.98. The van der Waals surface area contributed by atoms with E-state index in [-0.39, 0.29) is 6.61 Å². The SMILES string of the molecule is CCOC(=O)Nc1ccc2c(CSc3nnc(-c4ccccc4OC)n3-c3ccc(OC)cc3)cc(=O)oc2c1. The summed E-state index contributed by atoms with van der Waals surface area (Å²) in [4.78, 5) is 24.2. The predicted octanol–water partition coefficient (Wildman–Crippen LogP) is 5.92. The summed E-state index contributed by atoms with van der Waals surface area (Å²) in [5.74, 6) is 2.41. The Morgan fingerprint density at radius 3 is 2.55 bits per heavy atom. The summed E-state index contributed by atoms with van der Waals surface area (Å²) in [5, 5.41) is 13.0. The van der Waals surface area contributed by atoms with Gasteiger partial charge in [-0.1, -0.05) is 23.9 Å². The zero-order chi connectivity index (χ0) is 28.1. The lowest BCUT2D eigenvalue weighted by atomic mass is 10.1. The Balaban J connectivity index is 1.51. The molecular weight excluding hydrogens is 532 g/mol. The number of ether oxygens (including phenoxy) is 3. The van der Waals surface area contributed by atoms with Crippen molar-refractivity contribution in [3.05, 3.63) is 88.8 Å². The zero-order valence-corrected chi connectivity index (χ0v) is 22.9. The van der Waals surface area contributed by atoms with Crippen molar-refractivity contribution < 1.29 is 23.4 Å². The maximum atomic E-state index is 12.4. The van der Waals surface area contributed by atoms with Gasteiger partial charge in [0.25, 0.3) is 0 Å². The first kappa shape index (κ1) is 26.8. The number of rotatable bonds is 9. The fraction of sp³-hybridized carbons (Fsp3) is 0.172. The lowest BCUT2D eigenvalue weighted by molar-refractivity contribution is 0.168. The Bertz CT molecular complexity index is 1710. The predicted molar refractivity (Wildman–Crippen MR) is 153 cm³/mol. The summed E-state index contributed by atoms with van der Waals surface area (Å²) in [6.45, 7) is 1.97. The molecule has 0 bridgehead atoms. The minimum atomic E-state index is -0.584. The van der Waals surface area contributed by atoms with Crippen LogP contribution in [0, 0.1) is 0 Å². The third-order valence-corrected chi connectivity index (χ3v) is 7.00. The molecule has 10 nitrogen and oxygen atoms in total. The second-order valence-corrected chi connectivity index (χ2v) is 9.42. The smallest absolute Gasteiger partial charge is 0.411 e. The van der Waals surface area contributed by atoms with Crippen LogP contribution in [-0.2, 0) is 10.5 Å². The lowest BCUT2D eigenvalue weighted by Gasteiger charge is -2.13. The van der Waals surface area contributed by atoms with Gasteiger partial charge in [-0.15, -0.1) is 10.2 Å². The van der Waals surface area contributed by atoms with Crippen molar-refractivity contribution in [2.24, 2.45) is 0 Å². The Kier molecular flexibility index (Phi) is 8.02. The van der Waals surface area contributed by atoms with Crippen molar-refractivity contribution in [2.45, 2.75) is 17.8 Å². The third-order valence-electron chi connectivity index (χ3n) is 6.02. The highest BCUT2D eigenvalue weighted by Gasteiger charge is 2.20. The molecule has 1 N–H and O–H groups in total. The van der Waals surface area contributed by atoms with Crippen LogP contribution in [0.4, 0.5) is 10.5 Å². The van der Waals surface area contributed by atoms with E-state index in [0.717, 1.165) is 28.0 Å². The molecule has 0 aliphatic rings. The molecule has 0 aliphatic heterocycles. The second kappa shape index (κ2) is 12.0. The first-order valence-electron chi connectivity index (χ1n) is 12.4. The van der Waals surface area contributed by atoms with Gasteiger partial charge in [-0.25, -0.2) is 9.59 Å². The van der Waals surface area contributed by atoms with E-state index in [2.05, 4.69) is 15.5 Å². The maximum absolute atomic E-state index is 12.4. The number of fused-ring (bicyclic) bond motifs is 1. The number of nitrogens with zero attached hydrogens (tertiary/aromatic N) is 3. The van der Waals surface area contributed by atoms with Gasteiger partial charge in [-0.2, -0.15) is 0 Å². The highest BCUT2D eigenvalue weighted by Crippen LogP contribution is 2.35. The van der Waals surface area contributed by atoms with Gasteiger partial charge < -0.3 is 18.6 Å². The molecule has 5 rings (SSSR count). The minimum Gasteiger partial charge on any atom is -0.497 e. The number of amides is 1. The number of hydrogen-bond acceptors (Lipinski definition) is 9. The van der Waals surface area contributed by atoms with Gasteiger partial charge in [0.05, 0.1) is 32.1 Å². The van der Waals surface area contributed by atoms with Crippen molar-refractivity contribution in [3.63, 3.8) is 0 Å². The number of thioether (sulfide) groups is 1. The Hall–Kier alpha value is -4.77. The monoisotopic (exact) mass is 558 g/mol. The van der Waals surface area contributed by atoms with Gasteiger partial charge >= 0.3 is 11.7 Å². The topological polar surface area (TPSA) is 118 Å². The van der Waals surface area contributed by atoms with Crippen LogP contribution in [0.5, 0.6) is 11.5 Å². The fourth-order valence-electron chi connectivity index (χ4n) is 4.19. The summed E-state index contributed by atoms with van der Waals surface area (Å²) in [7, 11) is 3.23. The van der Waals surface area contributed by atoms with E-state index in [1.54, 1.807) is 39.3 Å². The Labute approximate surface area is 233 Å². The van der Waals surface area contributed by atoms with Crippen LogP contribution in [0.1, 0.15) is 12.5 Å². The van der Waals surface area contributed by atoms with Crippen molar-refractivity contribution >= 4 is 34.5 Å². The number of para-hydroxylation sites is 1. The molecule has 2 aromatic heterocycles. The number of benzene rings is 3. The van der Waals surface area contributed by atoms with Crippen LogP contribution >= 0.6 is 11.8 Å². The van der Waals surface area contributed by atoms with Gasteiger partial charge in [0.1, 0.15) is 17.1 Å². The van der Waals surface area contributed by atoms with E-state index >= 15 is 0 Å². The zero-order valence-electron chi connectivity index (χ0n) is 22.0. The van der Waals surface area contributed by atoms with Gasteiger partial charge in [0.2, 0.25) is 0 Å². The van der Waals surface area contributed by atoms with E-state index < -0.39 is 11.7 Å². The van der Waals surface area contributed by atoms with Crippen molar-refractivity contribution in [1.82, 2.24) is 14.8 Å². The van der Waals surface area contributed by atoms with E-state index in [0.29, 0.717) is 33.8 Å². The average molecular weight is 559 g/mol. The van der Waals surface area contributed by atoms with Crippen molar-refractivity contribution in [3.8, 4) is 28.6 Å². The van der Waals surface area contributed by atoms with Gasteiger partial charge in [-0.05, 0) is 61.0 Å². The molecule has 5 aromatic rings. The molecule has 2 heterocycles. The number of nitrogens with one attached hydrogen (secondary N) is 1. The highest BCUT2D eigenvalue weighted by atomic mass is 32.2. The molecule has 204 valence electrons. The first-order chi connectivity index (χ1) is 19.5. The fourth-order valence-corrected chi connectivity index (χ4v) is 5.13. The molecule has 0 spiro atoms. The van der Waals surface area contributed by atoms with Crippen LogP contribution in [0.15, 0.2) is 87.2 Å². The van der Waals surface area contributed by atoms with Gasteiger partial charge in [0, 0.05) is 29.0 Å². The van der Waals surface area contributed by atoms with Gasteiger partial charge in [-0.3, -0.25) is 9.88 Å². The number of aromatic nitrogens is 3.